The second-order valence-electron chi connectivity index (χ2n) is 11.8. The second kappa shape index (κ2) is 9.72. The number of nitrogens with zero attached hydrogens (tertiary/aromatic N) is 5. The zero-order valence-electron chi connectivity index (χ0n) is 22.9. The van der Waals surface area contributed by atoms with Gasteiger partial charge < -0.3 is 25.1 Å². The van der Waals surface area contributed by atoms with Crippen molar-refractivity contribution in [2.75, 3.05) is 56.6 Å². The van der Waals surface area contributed by atoms with Gasteiger partial charge in [-0.1, -0.05) is 35.9 Å². The number of hydrogen-bond acceptors (Lipinski definition) is 7. The second-order valence-corrected chi connectivity index (χ2v) is 12.2. The van der Waals surface area contributed by atoms with E-state index < -0.39 is 5.82 Å². The van der Waals surface area contributed by atoms with E-state index in [2.05, 4.69) is 34.1 Å². The number of hydrogen-bond donors (Lipinski definition) is 2. The van der Waals surface area contributed by atoms with Crippen molar-refractivity contribution < 1.29 is 9.50 Å². The molecule has 208 valence electrons. The molecule has 0 atom stereocenters. The van der Waals surface area contributed by atoms with Crippen molar-refractivity contribution in [1.82, 2.24) is 20.2 Å². The van der Waals surface area contributed by atoms with Gasteiger partial charge in [0, 0.05) is 48.7 Å². The Morgan fingerprint density at radius 2 is 1.80 bits per heavy atom. The van der Waals surface area contributed by atoms with Crippen molar-refractivity contribution in [2.45, 2.75) is 37.3 Å². The van der Waals surface area contributed by atoms with Crippen LogP contribution in [0.25, 0.3) is 32.8 Å². The third-order valence-electron chi connectivity index (χ3n) is 9.19. The molecular formula is C31H34ClFN6O. The zero-order chi connectivity index (χ0) is 27.6. The van der Waals surface area contributed by atoms with Gasteiger partial charge in [0.15, 0.2) is 5.82 Å². The molecule has 0 saturated carbocycles. The minimum Gasteiger partial charge on any atom is -0.508 e. The first kappa shape index (κ1) is 25.7. The summed E-state index contributed by atoms with van der Waals surface area (Å²) in [6.07, 6.45) is 4.49. The number of phenols is 1. The number of aromatic hydroxyl groups is 1. The summed E-state index contributed by atoms with van der Waals surface area (Å²) in [7, 11) is 4.14. The topological polar surface area (TPSA) is 67.8 Å². The highest BCUT2D eigenvalue weighted by Crippen LogP contribution is 2.43. The van der Waals surface area contributed by atoms with Crippen molar-refractivity contribution in [1.29, 1.82) is 0 Å². The van der Waals surface area contributed by atoms with Crippen LogP contribution >= 0.6 is 11.6 Å². The van der Waals surface area contributed by atoms with Crippen molar-refractivity contribution in [3.05, 3.63) is 53.3 Å². The fourth-order valence-electron chi connectivity index (χ4n) is 6.69. The highest BCUT2D eigenvalue weighted by Gasteiger charge is 2.38. The maximum absolute atomic E-state index is 16.7. The minimum atomic E-state index is -0.487. The molecule has 9 heteroatoms. The van der Waals surface area contributed by atoms with E-state index in [0.29, 0.717) is 22.9 Å². The SMILES string of the molecule is CN(C)C1CN(c2nc(N3CCC4(CCCN4)CC3)c3cc(Cl)c(-c4cc(O)cc5ccccc45)c(F)c3n2)C1. The van der Waals surface area contributed by atoms with Gasteiger partial charge in [-0.05, 0) is 80.9 Å². The molecule has 0 radical (unpaired) electrons. The molecule has 3 aliphatic rings. The van der Waals surface area contributed by atoms with Crippen LogP contribution in [0.2, 0.25) is 5.02 Å². The molecule has 40 heavy (non-hydrogen) atoms. The maximum Gasteiger partial charge on any atom is 0.228 e. The molecule has 4 heterocycles. The highest BCUT2D eigenvalue weighted by molar-refractivity contribution is 6.35. The van der Waals surface area contributed by atoms with E-state index in [1.54, 1.807) is 12.1 Å². The van der Waals surface area contributed by atoms with Crippen LogP contribution in [-0.2, 0) is 0 Å². The van der Waals surface area contributed by atoms with E-state index >= 15 is 4.39 Å². The number of aromatic nitrogens is 2. The molecule has 1 spiro atoms. The fraction of sp³-hybridized carbons (Fsp3) is 0.419. The molecule has 0 unspecified atom stereocenters. The Bertz CT molecular complexity index is 1610. The quantitative estimate of drug-likeness (QED) is 0.345. The van der Waals surface area contributed by atoms with Crippen LogP contribution in [-0.4, -0.2) is 78.4 Å². The van der Waals surface area contributed by atoms with E-state index in [0.717, 1.165) is 62.2 Å². The molecule has 0 aliphatic carbocycles. The molecule has 2 N–H and O–H groups in total. The van der Waals surface area contributed by atoms with Crippen LogP contribution in [0.3, 0.4) is 0 Å². The number of benzene rings is 3. The van der Waals surface area contributed by atoms with Gasteiger partial charge in [0.25, 0.3) is 0 Å². The van der Waals surface area contributed by atoms with Gasteiger partial charge >= 0.3 is 0 Å². The summed E-state index contributed by atoms with van der Waals surface area (Å²) in [5.41, 5.74) is 1.27. The molecule has 0 bridgehead atoms. The molecule has 3 fully saturated rings. The average Bonchev–Trinajstić information content (AvgIpc) is 3.36. The van der Waals surface area contributed by atoms with Crippen molar-refractivity contribution in [3.63, 3.8) is 0 Å². The van der Waals surface area contributed by atoms with Crippen molar-refractivity contribution in [3.8, 4) is 16.9 Å². The number of fused-ring (bicyclic) bond motifs is 2. The Labute approximate surface area is 238 Å². The van der Waals surface area contributed by atoms with Gasteiger partial charge in [-0.2, -0.15) is 4.98 Å². The molecule has 3 saturated heterocycles. The Hall–Kier alpha value is -3.20. The Balaban J connectivity index is 1.38. The van der Waals surface area contributed by atoms with E-state index in [-0.39, 0.29) is 27.4 Å². The third kappa shape index (κ3) is 4.24. The number of anilines is 2. The van der Waals surface area contributed by atoms with Crippen molar-refractivity contribution >= 4 is 45.0 Å². The fourth-order valence-corrected chi connectivity index (χ4v) is 6.98. The maximum atomic E-state index is 16.7. The number of phenolic OH excluding ortho intramolecular Hbond substituents is 1. The molecule has 7 rings (SSSR count). The monoisotopic (exact) mass is 560 g/mol. The first-order chi connectivity index (χ1) is 19.3. The summed E-state index contributed by atoms with van der Waals surface area (Å²) in [4.78, 5) is 16.4. The van der Waals surface area contributed by atoms with Crippen LogP contribution in [0.15, 0.2) is 42.5 Å². The molecule has 3 aromatic carbocycles. The molecule has 4 aromatic rings. The molecule has 3 aliphatic heterocycles. The number of nitrogens with one attached hydrogen (secondary N) is 1. The molecular weight excluding hydrogens is 527 g/mol. The third-order valence-corrected chi connectivity index (χ3v) is 9.49. The lowest BCUT2D eigenvalue weighted by molar-refractivity contribution is 0.245. The molecule has 1 aromatic heterocycles. The molecule has 0 amide bonds. The smallest absolute Gasteiger partial charge is 0.228 e. The normalized spacial score (nSPS) is 19.3. The van der Waals surface area contributed by atoms with Gasteiger partial charge in [-0.15, -0.1) is 0 Å². The number of rotatable bonds is 4. The van der Waals surface area contributed by atoms with Crippen LogP contribution in [0.1, 0.15) is 25.7 Å². The predicted molar refractivity (Wildman–Crippen MR) is 160 cm³/mol. The minimum absolute atomic E-state index is 0.0615. The first-order valence-corrected chi connectivity index (χ1v) is 14.5. The van der Waals surface area contributed by atoms with Gasteiger partial charge in [0.1, 0.15) is 17.1 Å². The van der Waals surface area contributed by atoms with Crippen LogP contribution in [0.4, 0.5) is 16.2 Å². The van der Waals surface area contributed by atoms with E-state index in [9.17, 15) is 5.11 Å². The Morgan fingerprint density at radius 3 is 2.52 bits per heavy atom. The first-order valence-electron chi connectivity index (χ1n) is 14.2. The summed E-state index contributed by atoms with van der Waals surface area (Å²) < 4.78 is 16.7. The summed E-state index contributed by atoms with van der Waals surface area (Å²) in [6, 6.07) is 13.1. The lowest BCUT2D eigenvalue weighted by atomic mass is 9.86. The summed E-state index contributed by atoms with van der Waals surface area (Å²) in [6.45, 7) is 4.36. The van der Waals surface area contributed by atoms with E-state index in [1.165, 1.54) is 12.8 Å². The van der Waals surface area contributed by atoms with Crippen LogP contribution in [0, 0.1) is 5.82 Å². The van der Waals surface area contributed by atoms with E-state index in [4.69, 9.17) is 21.6 Å². The lowest BCUT2D eigenvalue weighted by Gasteiger charge is -2.43. The highest BCUT2D eigenvalue weighted by atomic mass is 35.5. The zero-order valence-corrected chi connectivity index (χ0v) is 23.7. The van der Waals surface area contributed by atoms with Crippen LogP contribution in [0.5, 0.6) is 5.75 Å². The standard InChI is InChI=1S/C31H34ClFN6O/c1-37(2)20-17-39(18-20)30-35-28-24(29(36-30)38-12-9-31(10-13-38)8-5-11-34-31)16-25(32)26(27(28)33)23-15-21(40)14-19-6-3-4-7-22(19)23/h3-4,6-7,14-16,20,34,40H,5,8-13,17-18H2,1-2H3. The summed E-state index contributed by atoms with van der Waals surface area (Å²) >= 11 is 6.88. The van der Waals surface area contributed by atoms with E-state index in [1.807, 2.05) is 30.3 Å². The van der Waals surface area contributed by atoms with Gasteiger partial charge in [0.2, 0.25) is 5.95 Å². The average molecular weight is 561 g/mol. The lowest BCUT2D eigenvalue weighted by Crippen LogP contribution is -2.58. The summed E-state index contributed by atoms with van der Waals surface area (Å²) in [5.74, 6) is 0.868. The Morgan fingerprint density at radius 1 is 1.02 bits per heavy atom. The number of piperidine rings is 1. The van der Waals surface area contributed by atoms with Crippen molar-refractivity contribution in [2.24, 2.45) is 0 Å². The molecule has 7 nitrogen and oxygen atoms in total. The number of likely N-dealkylation sites (N-methyl/N-ethyl adjacent to an activating group) is 1. The van der Waals surface area contributed by atoms with Gasteiger partial charge in [0.05, 0.1) is 5.02 Å². The largest absolute Gasteiger partial charge is 0.508 e. The van der Waals surface area contributed by atoms with Gasteiger partial charge in [-0.25, -0.2) is 9.37 Å². The van der Waals surface area contributed by atoms with Gasteiger partial charge in [-0.3, -0.25) is 0 Å². The predicted octanol–water partition coefficient (Wildman–Crippen LogP) is 5.42. The Kier molecular flexibility index (Phi) is 6.25. The summed E-state index contributed by atoms with van der Waals surface area (Å²) in [5, 5.41) is 16.7. The van der Waals surface area contributed by atoms with Crippen LogP contribution < -0.4 is 15.1 Å². The number of halogens is 2.